The van der Waals surface area contributed by atoms with Gasteiger partial charge in [-0.25, -0.2) is 9.18 Å². The zero-order valence-electron chi connectivity index (χ0n) is 23.4. The van der Waals surface area contributed by atoms with Gasteiger partial charge in [0.1, 0.15) is 17.5 Å². The Balaban J connectivity index is 1.32. The fourth-order valence-electron chi connectivity index (χ4n) is 6.59. The van der Waals surface area contributed by atoms with Gasteiger partial charge in [0, 0.05) is 31.4 Å². The lowest BCUT2D eigenvalue weighted by atomic mass is 9.99. The maximum atomic E-state index is 13.8. The summed E-state index contributed by atoms with van der Waals surface area (Å²) < 4.78 is 19.2. The Morgan fingerprint density at radius 3 is 2.51 bits per heavy atom. The Hall–Kier alpha value is -3.12. The number of nitrogens with zero attached hydrogens (tertiary/aromatic N) is 4. The normalized spacial score (nSPS) is 28.4. The molecule has 3 saturated heterocycles. The maximum Gasteiger partial charge on any atom is 0.408 e. The highest BCUT2D eigenvalue weighted by Crippen LogP contribution is 2.49. The molecule has 4 fully saturated rings. The minimum Gasteiger partial charge on any atom is -0.444 e. The average Bonchev–Trinajstić information content (AvgIpc) is 3.39. The molecular weight excluding hydrogens is 497 g/mol. The van der Waals surface area contributed by atoms with E-state index in [4.69, 9.17) is 4.74 Å². The predicted octanol–water partition coefficient (Wildman–Crippen LogP) is 4.20. The Kier molecular flexibility index (Phi) is 7.36. The lowest BCUT2D eigenvalue weighted by Gasteiger charge is -2.41. The number of nitriles is 1. The van der Waals surface area contributed by atoms with Crippen LogP contribution in [-0.2, 0) is 9.53 Å². The van der Waals surface area contributed by atoms with Gasteiger partial charge in [0.15, 0.2) is 0 Å². The number of nitrogens with one attached hydrogen (secondary N) is 1. The van der Waals surface area contributed by atoms with Crippen molar-refractivity contribution in [2.75, 3.05) is 19.6 Å². The molecule has 2 amide bonds. The van der Waals surface area contributed by atoms with Crippen LogP contribution >= 0.6 is 0 Å². The molecular formula is C30H40FN5O3. The highest BCUT2D eigenvalue weighted by atomic mass is 19.1. The van der Waals surface area contributed by atoms with Crippen LogP contribution in [0.25, 0.3) is 0 Å². The second kappa shape index (κ2) is 10.5. The Labute approximate surface area is 230 Å². The van der Waals surface area contributed by atoms with E-state index >= 15 is 0 Å². The molecule has 0 aromatic heterocycles. The largest absolute Gasteiger partial charge is 0.444 e. The number of rotatable bonds is 8. The number of hydrogen-bond donors (Lipinski definition) is 1. The van der Waals surface area contributed by atoms with Crippen LogP contribution in [0, 0.1) is 29.0 Å². The van der Waals surface area contributed by atoms with E-state index in [2.05, 4.69) is 29.8 Å². The number of halogens is 1. The average molecular weight is 538 g/mol. The fraction of sp³-hybridized carbons (Fsp3) is 0.633. The van der Waals surface area contributed by atoms with Gasteiger partial charge < -0.3 is 19.9 Å². The fourth-order valence-corrected chi connectivity index (χ4v) is 6.59. The molecule has 4 unspecified atom stereocenters. The van der Waals surface area contributed by atoms with Gasteiger partial charge in [0.2, 0.25) is 5.91 Å². The lowest BCUT2D eigenvalue weighted by Crippen LogP contribution is -2.56. The Morgan fingerprint density at radius 2 is 1.92 bits per heavy atom. The third-order valence-corrected chi connectivity index (χ3v) is 8.43. The second-order valence-corrected chi connectivity index (χ2v) is 12.8. The third kappa shape index (κ3) is 5.76. The summed E-state index contributed by atoms with van der Waals surface area (Å²) in [6.07, 6.45) is 3.09. The molecule has 210 valence electrons. The van der Waals surface area contributed by atoms with Gasteiger partial charge in [-0.15, -0.1) is 0 Å². The number of benzene rings is 1. The number of ether oxygens (including phenoxy) is 1. The summed E-state index contributed by atoms with van der Waals surface area (Å²) in [5.74, 6) is 0.577. The zero-order chi connectivity index (χ0) is 28.1. The summed E-state index contributed by atoms with van der Waals surface area (Å²) in [7, 11) is 0. The van der Waals surface area contributed by atoms with Crippen molar-refractivity contribution in [2.45, 2.75) is 89.2 Å². The first kappa shape index (κ1) is 27.4. The molecule has 4 aliphatic rings. The van der Waals surface area contributed by atoms with Gasteiger partial charge in [0.05, 0.1) is 24.2 Å². The van der Waals surface area contributed by atoms with Crippen molar-refractivity contribution in [3.8, 4) is 6.07 Å². The van der Waals surface area contributed by atoms with Crippen LogP contribution in [0.4, 0.5) is 9.18 Å². The van der Waals surface area contributed by atoms with E-state index in [1.807, 2.05) is 42.7 Å². The number of fused-ring (bicyclic) bond motifs is 2. The summed E-state index contributed by atoms with van der Waals surface area (Å²) in [4.78, 5) is 32.8. The number of likely N-dealkylation sites (tertiary alicyclic amines) is 3. The van der Waals surface area contributed by atoms with Crippen LogP contribution in [0.5, 0.6) is 0 Å². The monoisotopic (exact) mass is 537 g/mol. The lowest BCUT2D eigenvalue weighted by molar-refractivity contribution is -0.140. The van der Waals surface area contributed by atoms with Crippen LogP contribution < -0.4 is 5.32 Å². The van der Waals surface area contributed by atoms with Crippen LogP contribution in [0.1, 0.15) is 65.0 Å². The van der Waals surface area contributed by atoms with Gasteiger partial charge in [-0.05, 0) is 76.0 Å². The van der Waals surface area contributed by atoms with Crippen molar-refractivity contribution in [2.24, 2.45) is 11.8 Å². The van der Waals surface area contributed by atoms with Gasteiger partial charge >= 0.3 is 6.09 Å². The number of piperazine rings is 1. The molecule has 1 aromatic rings. The molecule has 2 bridgehead atoms. The number of hydrogen-bond acceptors (Lipinski definition) is 6. The summed E-state index contributed by atoms with van der Waals surface area (Å²) >= 11 is 0. The molecule has 8 nitrogen and oxygen atoms in total. The summed E-state index contributed by atoms with van der Waals surface area (Å²) in [5.41, 5.74) is 1.01. The minimum atomic E-state index is -0.658. The smallest absolute Gasteiger partial charge is 0.408 e. The van der Waals surface area contributed by atoms with E-state index in [1.54, 1.807) is 0 Å². The van der Waals surface area contributed by atoms with Crippen LogP contribution in [0.3, 0.4) is 0 Å². The molecule has 3 aliphatic heterocycles. The highest BCUT2D eigenvalue weighted by molar-refractivity contribution is 5.86. The molecule has 1 N–H and O–H groups in total. The first-order valence-electron chi connectivity index (χ1n) is 14.1. The first-order valence-corrected chi connectivity index (χ1v) is 14.1. The van der Waals surface area contributed by atoms with Gasteiger partial charge in [0.25, 0.3) is 0 Å². The van der Waals surface area contributed by atoms with Crippen LogP contribution in [0.15, 0.2) is 36.5 Å². The first-order chi connectivity index (χ1) is 18.4. The SMILES string of the molecule is C=C(C(CN1C[C@@H]2CC1C(=O)N2[C@H](c1ccc(F)cc1)C1CC1)NC(=O)OC(C)(C)C)N1CC(C)CC1C#N. The molecule has 1 aromatic carbocycles. The van der Waals surface area contributed by atoms with E-state index in [9.17, 15) is 19.2 Å². The van der Waals surface area contributed by atoms with Crippen LogP contribution in [-0.4, -0.2) is 76.1 Å². The molecule has 39 heavy (non-hydrogen) atoms. The molecule has 9 heteroatoms. The van der Waals surface area contributed by atoms with E-state index in [0.29, 0.717) is 37.2 Å². The molecule has 0 radical (unpaired) electrons. The van der Waals surface area contributed by atoms with Gasteiger partial charge in [-0.3, -0.25) is 9.69 Å². The number of carbonyl (C=O) groups excluding carboxylic acids is 2. The Morgan fingerprint density at radius 1 is 1.23 bits per heavy atom. The number of alkyl carbamates (subject to hydrolysis) is 1. The van der Waals surface area contributed by atoms with Crippen LogP contribution in [0.2, 0.25) is 0 Å². The standard InChI is InChI=1S/C30H40FN5O3/c1-18-12-23(14-32)35(15-18)19(2)25(33-29(38)39-30(3,4)5)17-34-16-24-13-26(34)28(37)36(24)27(20-6-7-20)21-8-10-22(31)11-9-21/h8-11,18,20,23-27H,2,6-7,12-13,15-17H2,1,3-5H3,(H,33,38)/t18?,23?,24-,25?,26?,27-/m0/s1. The van der Waals surface area contributed by atoms with Crippen molar-refractivity contribution < 1.29 is 18.7 Å². The Bertz CT molecular complexity index is 1150. The quantitative estimate of drug-likeness (QED) is 0.535. The molecule has 6 atom stereocenters. The summed E-state index contributed by atoms with van der Waals surface area (Å²) in [5, 5.41) is 12.7. The molecule has 1 saturated carbocycles. The molecule has 1 aliphatic carbocycles. The van der Waals surface area contributed by atoms with Crippen molar-refractivity contribution in [3.05, 3.63) is 47.9 Å². The highest BCUT2D eigenvalue weighted by Gasteiger charge is 2.54. The van der Waals surface area contributed by atoms with E-state index in [1.165, 1.54) is 12.1 Å². The summed E-state index contributed by atoms with van der Waals surface area (Å²) in [6.45, 7) is 13.7. The topological polar surface area (TPSA) is 88.9 Å². The van der Waals surface area contributed by atoms with E-state index in [0.717, 1.165) is 31.2 Å². The van der Waals surface area contributed by atoms with Gasteiger partial charge in [-0.1, -0.05) is 25.6 Å². The maximum absolute atomic E-state index is 13.8. The van der Waals surface area contributed by atoms with E-state index < -0.39 is 17.7 Å². The molecule has 5 rings (SSSR count). The third-order valence-electron chi connectivity index (χ3n) is 8.43. The number of carbonyl (C=O) groups is 2. The van der Waals surface area contributed by atoms with Crippen molar-refractivity contribution in [3.63, 3.8) is 0 Å². The predicted molar refractivity (Wildman–Crippen MR) is 145 cm³/mol. The minimum absolute atomic E-state index is 0.0247. The zero-order valence-corrected chi connectivity index (χ0v) is 23.4. The molecule has 0 spiro atoms. The van der Waals surface area contributed by atoms with E-state index in [-0.39, 0.29) is 35.9 Å². The van der Waals surface area contributed by atoms with Crippen molar-refractivity contribution in [1.29, 1.82) is 5.26 Å². The molecule has 3 heterocycles. The number of amides is 2. The van der Waals surface area contributed by atoms with Crippen molar-refractivity contribution >= 4 is 12.0 Å². The van der Waals surface area contributed by atoms with Crippen molar-refractivity contribution in [1.82, 2.24) is 20.0 Å². The second-order valence-electron chi connectivity index (χ2n) is 12.8. The summed E-state index contributed by atoms with van der Waals surface area (Å²) in [6, 6.07) is 7.90. The van der Waals surface area contributed by atoms with Gasteiger partial charge in [-0.2, -0.15) is 5.26 Å².